The predicted molar refractivity (Wildman–Crippen MR) is 95.7 cm³/mol. The van der Waals surface area contributed by atoms with E-state index in [4.69, 9.17) is 0 Å². The second kappa shape index (κ2) is 7.04. The van der Waals surface area contributed by atoms with Gasteiger partial charge in [-0.3, -0.25) is 9.36 Å². The van der Waals surface area contributed by atoms with Crippen molar-refractivity contribution >= 4 is 11.7 Å². The molecular formula is C18H23N5O2. The Morgan fingerprint density at radius 3 is 2.52 bits per heavy atom. The minimum absolute atomic E-state index is 0.0422. The Labute approximate surface area is 146 Å². The Bertz CT molecular complexity index is 838. The molecule has 1 fully saturated rings. The number of hydrogen-bond acceptors (Lipinski definition) is 5. The minimum atomic E-state index is -0.367. The molecular weight excluding hydrogens is 318 g/mol. The van der Waals surface area contributed by atoms with Crippen molar-refractivity contribution in [3.63, 3.8) is 0 Å². The van der Waals surface area contributed by atoms with E-state index in [2.05, 4.69) is 14.9 Å². The zero-order valence-corrected chi connectivity index (χ0v) is 14.9. The maximum absolute atomic E-state index is 12.6. The number of carbonyl (C=O) groups excluding carboxylic acids is 1. The molecule has 0 atom stereocenters. The van der Waals surface area contributed by atoms with Gasteiger partial charge in [0, 0.05) is 43.8 Å². The Morgan fingerprint density at radius 2 is 1.88 bits per heavy atom. The summed E-state index contributed by atoms with van der Waals surface area (Å²) in [6.07, 6.45) is 1.79. The third-order valence-electron chi connectivity index (χ3n) is 4.55. The molecule has 1 amide bonds. The molecule has 0 spiro atoms. The lowest BCUT2D eigenvalue weighted by molar-refractivity contribution is -0.132. The summed E-state index contributed by atoms with van der Waals surface area (Å²) in [6, 6.07) is 5.78. The number of aromatic nitrogens is 3. The van der Waals surface area contributed by atoms with Crippen LogP contribution >= 0.6 is 0 Å². The smallest absolute Gasteiger partial charge is 0.348 e. The van der Waals surface area contributed by atoms with E-state index >= 15 is 0 Å². The molecule has 25 heavy (non-hydrogen) atoms. The van der Waals surface area contributed by atoms with Gasteiger partial charge in [-0.15, -0.1) is 0 Å². The van der Waals surface area contributed by atoms with Gasteiger partial charge in [-0.05, 0) is 38.5 Å². The van der Waals surface area contributed by atoms with Crippen molar-refractivity contribution in [1.82, 2.24) is 19.4 Å². The molecule has 0 unspecified atom stereocenters. The summed E-state index contributed by atoms with van der Waals surface area (Å²) in [5.74, 6) is 0.928. The molecule has 0 bridgehead atoms. The fourth-order valence-corrected chi connectivity index (χ4v) is 3.18. The van der Waals surface area contributed by atoms with E-state index in [0.29, 0.717) is 18.8 Å². The van der Waals surface area contributed by atoms with E-state index < -0.39 is 0 Å². The van der Waals surface area contributed by atoms with Gasteiger partial charge in [0.1, 0.15) is 12.4 Å². The number of nitrogens with zero attached hydrogens (tertiary/aromatic N) is 5. The summed E-state index contributed by atoms with van der Waals surface area (Å²) >= 11 is 0. The highest BCUT2D eigenvalue weighted by molar-refractivity contribution is 5.76. The molecule has 3 heterocycles. The highest BCUT2D eigenvalue weighted by atomic mass is 16.2. The third-order valence-corrected chi connectivity index (χ3v) is 4.55. The molecule has 7 heteroatoms. The van der Waals surface area contributed by atoms with Gasteiger partial charge >= 0.3 is 5.69 Å². The van der Waals surface area contributed by atoms with E-state index in [0.717, 1.165) is 30.2 Å². The molecule has 0 radical (unpaired) electrons. The topological polar surface area (TPSA) is 71.3 Å². The van der Waals surface area contributed by atoms with Crippen LogP contribution in [0.3, 0.4) is 0 Å². The maximum Gasteiger partial charge on any atom is 0.348 e. The molecule has 1 aliphatic rings. The number of rotatable bonds is 3. The maximum atomic E-state index is 12.6. The van der Waals surface area contributed by atoms with Crippen LogP contribution in [-0.2, 0) is 11.3 Å². The summed E-state index contributed by atoms with van der Waals surface area (Å²) in [6.45, 7) is 8.42. The quantitative estimate of drug-likeness (QED) is 0.830. The second-order valence-electron chi connectivity index (χ2n) is 6.42. The van der Waals surface area contributed by atoms with Crippen LogP contribution in [0.2, 0.25) is 0 Å². The van der Waals surface area contributed by atoms with Crippen LogP contribution in [0, 0.1) is 20.8 Å². The largest absolute Gasteiger partial charge is 0.353 e. The number of amides is 1. The van der Waals surface area contributed by atoms with Gasteiger partial charge in [0.25, 0.3) is 0 Å². The van der Waals surface area contributed by atoms with E-state index in [1.807, 2.05) is 32.0 Å². The minimum Gasteiger partial charge on any atom is -0.353 e. The Kier molecular flexibility index (Phi) is 4.83. The van der Waals surface area contributed by atoms with Crippen LogP contribution in [0.4, 0.5) is 5.82 Å². The summed E-state index contributed by atoms with van der Waals surface area (Å²) in [4.78, 5) is 36.9. The molecule has 7 nitrogen and oxygen atoms in total. The number of carbonyl (C=O) groups is 1. The highest BCUT2D eigenvalue weighted by Gasteiger charge is 2.23. The average Bonchev–Trinajstić information content (AvgIpc) is 2.58. The molecule has 1 saturated heterocycles. The van der Waals surface area contributed by atoms with Crippen LogP contribution in [0.25, 0.3) is 0 Å². The zero-order valence-electron chi connectivity index (χ0n) is 14.9. The van der Waals surface area contributed by atoms with Crippen LogP contribution in [0.5, 0.6) is 0 Å². The van der Waals surface area contributed by atoms with Gasteiger partial charge in [0.15, 0.2) is 0 Å². The van der Waals surface area contributed by atoms with Crippen molar-refractivity contribution in [2.24, 2.45) is 0 Å². The third kappa shape index (κ3) is 3.70. The van der Waals surface area contributed by atoms with Gasteiger partial charge in [-0.2, -0.15) is 4.98 Å². The van der Waals surface area contributed by atoms with E-state index in [1.165, 1.54) is 4.57 Å². The number of aryl methyl sites for hydroxylation is 3. The highest BCUT2D eigenvalue weighted by Crippen LogP contribution is 2.17. The zero-order chi connectivity index (χ0) is 18.0. The van der Waals surface area contributed by atoms with E-state index in [1.54, 1.807) is 18.0 Å². The normalized spacial score (nSPS) is 14.7. The fraction of sp³-hybridized carbons (Fsp3) is 0.444. The first-order valence-corrected chi connectivity index (χ1v) is 8.45. The molecule has 0 aromatic carbocycles. The SMILES string of the molecule is Cc1cc(C)n(CC(=O)N2CCN(c3ncccc3C)CC2)c(=O)n1. The average molecular weight is 341 g/mol. The number of anilines is 1. The summed E-state index contributed by atoms with van der Waals surface area (Å²) in [5.41, 5.74) is 2.20. The van der Waals surface area contributed by atoms with Crippen LogP contribution in [0.1, 0.15) is 17.0 Å². The van der Waals surface area contributed by atoms with Gasteiger partial charge in [0.2, 0.25) is 5.91 Å². The predicted octanol–water partition coefficient (Wildman–Crippen LogP) is 0.912. The van der Waals surface area contributed by atoms with Crippen molar-refractivity contribution in [3.05, 3.63) is 51.8 Å². The Hall–Kier alpha value is -2.70. The number of pyridine rings is 1. The summed E-state index contributed by atoms with van der Waals surface area (Å²) < 4.78 is 1.44. The van der Waals surface area contributed by atoms with Gasteiger partial charge in [0.05, 0.1) is 0 Å². The Morgan fingerprint density at radius 1 is 1.16 bits per heavy atom. The van der Waals surface area contributed by atoms with Crippen molar-refractivity contribution in [3.8, 4) is 0 Å². The lowest BCUT2D eigenvalue weighted by Crippen LogP contribution is -2.50. The monoisotopic (exact) mass is 341 g/mol. The number of piperazine rings is 1. The fourth-order valence-electron chi connectivity index (χ4n) is 3.18. The summed E-state index contributed by atoms with van der Waals surface area (Å²) in [7, 11) is 0. The molecule has 0 aliphatic carbocycles. The van der Waals surface area contributed by atoms with Crippen molar-refractivity contribution in [2.45, 2.75) is 27.3 Å². The lowest BCUT2D eigenvalue weighted by Gasteiger charge is -2.36. The molecule has 2 aromatic heterocycles. The van der Waals surface area contributed by atoms with Crippen molar-refractivity contribution in [2.75, 3.05) is 31.1 Å². The first kappa shape index (κ1) is 17.1. The molecule has 3 rings (SSSR count). The molecule has 0 saturated carbocycles. The Balaban J connectivity index is 1.65. The van der Waals surface area contributed by atoms with E-state index in [-0.39, 0.29) is 18.1 Å². The van der Waals surface area contributed by atoms with E-state index in [9.17, 15) is 9.59 Å². The van der Waals surface area contributed by atoms with Crippen LogP contribution in [-0.4, -0.2) is 51.5 Å². The number of hydrogen-bond donors (Lipinski definition) is 0. The first-order chi connectivity index (χ1) is 12.0. The van der Waals surface area contributed by atoms with Gasteiger partial charge in [-0.1, -0.05) is 6.07 Å². The van der Waals surface area contributed by atoms with Crippen LogP contribution in [0.15, 0.2) is 29.2 Å². The van der Waals surface area contributed by atoms with Gasteiger partial charge < -0.3 is 9.80 Å². The van der Waals surface area contributed by atoms with Crippen molar-refractivity contribution in [1.29, 1.82) is 0 Å². The summed E-state index contributed by atoms with van der Waals surface area (Å²) in [5, 5.41) is 0. The molecule has 132 valence electrons. The molecule has 2 aromatic rings. The van der Waals surface area contributed by atoms with Crippen LogP contribution < -0.4 is 10.6 Å². The van der Waals surface area contributed by atoms with Crippen molar-refractivity contribution < 1.29 is 4.79 Å². The molecule has 1 aliphatic heterocycles. The second-order valence-corrected chi connectivity index (χ2v) is 6.42. The molecule has 0 N–H and O–H groups in total. The first-order valence-electron chi connectivity index (χ1n) is 8.45. The van der Waals surface area contributed by atoms with Gasteiger partial charge in [-0.25, -0.2) is 9.78 Å². The lowest BCUT2D eigenvalue weighted by atomic mass is 10.2. The standard InChI is InChI=1S/C18H23N5O2/c1-13-5-4-6-19-17(13)22-9-7-21(8-10-22)16(24)12-23-15(3)11-14(2)20-18(23)25/h4-6,11H,7-10,12H2,1-3H3.